The summed E-state index contributed by atoms with van der Waals surface area (Å²) in [6.07, 6.45) is 0. The van der Waals surface area contributed by atoms with Crippen molar-refractivity contribution in [2.45, 2.75) is 13.2 Å². The smallest absolute Gasteiger partial charge is 0.387 e. The highest BCUT2D eigenvalue weighted by Gasteiger charge is 2.17. The second-order valence-corrected chi connectivity index (χ2v) is 5.08. The maximum atomic E-state index is 12.4. The first-order valence-electron chi connectivity index (χ1n) is 5.89. The lowest BCUT2D eigenvalue weighted by Crippen LogP contribution is -2.35. The highest BCUT2D eigenvalue weighted by atomic mass is 35.5. The van der Waals surface area contributed by atoms with E-state index in [1.807, 2.05) is 11.9 Å². The number of halogens is 4. The summed E-state index contributed by atoms with van der Waals surface area (Å²) in [6.45, 7) is -1.18. The van der Waals surface area contributed by atoms with E-state index >= 15 is 0 Å². The number of hydrogen-bond acceptors (Lipinski definition) is 4. The van der Waals surface area contributed by atoms with Crippen molar-refractivity contribution < 1.29 is 13.5 Å². The summed E-state index contributed by atoms with van der Waals surface area (Å²) in [5.41, 5.74) is 0.450. The van der Waals surface area contributed by atoms with E-state index in [9.17, 15) is 8.78 Å². The molecule has 4 nitrogen and oxygen atoms in total. The monoisotopic (exact) mass is 323 g/mol. The molecular formula is C12H13Cl2F2N3O. The Balaban J connectivity index is 2.16. The summed E-state index contributed by atoms with van der Waals surface area (Å²) in [5.74, 6) is 0.629. The van der Waals surface area contributed by atoms with Crippen molar-refractivity contribution in [2.24, 2.45) is 4.99 Å². The van der Waals surface area contributed by atoms with Gasteiger partial charge in [-0.05, 0) is 12.1 Å². The first-order valence-corrected chi connectivity index (χ1v) is 6.65. The summed E-state index contributed by atoms with van der Waals surface area (Å²) < 4.78 is 29.3. The van der Waals surface area contributed by atoms with Gasteiger partial charge in [0.25, 0.3) is 0 Å². The minimum Gasteiger partial charge on any atom is -0.433 e. The highest BCUT2D eigenvalue weighted by Crippen LogP contribution is 2.33. The van der Waals surface area contributed by atoms with Crippen LogP contribution in [0.4, 0.5) is 8.78 Å². The third kappa shape index (κ3) is 3.64. The van der Waals surface area contributed by atoms with Crippen molar-refractivity contribution in [3.8, 4) is 5.75 Å². The lowest BCUT2D eigenvalue weighted by molar-refractivity contribution is -0.0504. The Hall–Kier alpha value is -1.27. The molecule has 8 heteroatoms. The zero-order valence-electron chi connectivity index (χ0n) is 10.7. The Morgan fingerprint density at radius 2 is 2.20 bits per heavy atom. The van der Waals surface area contributed by atoms with E-state index in [-0.39, 0.29) is 17.3 Å². The van der Waals surface area contributed by atoms with E-state index in [4.69, 9.17) is 23.2 Å². The zero-order chi connectivity index (χ0) is 14.7. The number of guanidine groups is 1. The topological polar surface area (TPSA) is 36.9 Å². The molecule has 0 fully saturated rings. The molecule has 0 saturated carbocycles. The van der Waals surface area contributed by atoms with Gasteiger partial charge >= 0.3 is 6.61 Å². The zero-order valence-corrected chi connectivity index (χ0v) is 12.2. The molecular weight excluding hydrogens is 311 g/mol. The lowest BCUT2D eigenvalue weighted by atomic mass is 10.2. The van der Waals surface area contributed by atoms with Gasteiger partial charge in [0.05, 0.1) is 11.6 Å². The molecule has 1 aromatic rings. The Morgan fingerprint density at radius 3 is 2.80 bits per heavy atom. The van der Waals surface area contributed by atoms with Crippen molar-refractivity contribution >= 4 is 29.2 Å². The van der Waals surface area contributed by atoms with Gasteiger partial charge in [-0.25, -0.2) is 0 Å². The number of nitrogens with zero attached hydrogens (tertiary/aromatic N) is 2. The number of benzene rings is 1. The Bertz CT molecular complexity index is 526. The number of nitrogens with one attached hydrogen (secondary N) is 1. The average molecular weight is 324 g/mol. The Labute approximate surface area is 125 Å². The standard InChI is InChI=1S/C12H13Cl2F2N3O/c1-19-3-2-17-12(19)18-6-7-4-8(13)5-9(14)10(7)20-11(15)16/h4-5,11H,2-3,6H2,1H3,(H,17,18). The van der Waals surface area contributed by atoms with Crippen LogP contribution in [0, 0.1) is 0 Å². The molecule has 1 aliphatic heterocycles. The van der Waals surface area contributed by atoms with Gasteiger partial charge in [0.2, 0.25) is 0 Å². The molecule has 110 valence electrons. The molecule has 0 saturated heterocycles. The van der Waals surface area contributed by atoms with Crippen LogP contribution in [0.5, 0.6) is 5.75 Å². The maximum Gasteiger partial charge on any atom is 0.387 e. The van der Waals surface area contributed by atoms with Crippen LogP contribution in [0.3, 0.4) is 0 Å². The van der Waals surface area contributed by atoms with Crippen molar-refractivity contribution in [1.29, 1.82) is 0 Å². The second-order valence-electron chi connectivity index (χ2n) is 4.23. The number of likely N-dealkylation sites (N-methyl/N-ethyl adjacent to an activating group) is 1. The largest absolute Gasteiger partial charge is 0.433 e. The molecule has 0 atom stereocenters. The van der Waals surface area contributed by atoms with Crippen molar-refractivity contribution in [2.75, 3.05) is 20.1 Å². The van der Waals surface area contributed by atoms with Gasteiger partial charge in [-0.3, -0.25) is 4.99 Å². The first-order chi connectivity index (χ1) is 9.47. The van der Waals surface area contributed by atoms with Gasteiger partial charge in [-0.15, -0.1) is 0 Å². The van der Waals surface area contributed by atoms with E-state index in [1.165, 1.54) is 12.1 Å². The molecule has 0 radical (unpaired) electrons. The third-order valence-corrected chi connectivity index (χ3v) is 3.29. The minimum atomic E-state index is -2.95. The summed E-state index contributed by atoms with van der Waals surface area (Å²) in [5, 5.41) is 3.46. The van der Waals surface area contributed by atoms with E-state index in [0.717, 1.165) is 6.54 Å². The van der Waals surface area contributed by atoms with Crippen LogP contribution in [0.2, 0.25) is 10.0 Å². The maximum absolute atomic E-state index is 12.4. The quantitative estimate of drug-likeness (QED) is 0.925. The number of aliphatic imine (C=N–C) groups is 1. The fraction of sp³-hybridized carbons (Fsp3) is 0.417. The van der Waals surface area contributed by atoms with Crippen LogP contribution < -0.4 is 10.1 Å². The van der Waals surface area contributed by atoms with Crippen LogP contribution in [-0.4, -0.2) is 37.6 Å². The summed E-state index contributed by atoms with van der Waals surface area (Å²) in [4.78, 5) is 6.17. The predicted molar refractivity (Wildman–Crippen MR) is 74.9 cm³/mol. The van der Waals surface area contributed by atoms with Crippen molar-refractivity contribution in [3.05, 3.63) is 27.7 Å². The van der Waals surface area contributed by atoms with E-state index in [2.05, 4.69) is 15.0 Å². The van der Waals surface area contributed by atoms with E-state index in [1.54, 1.807) is 0 Å². The highest BCUT2D eigenvalue weighted by molar-refractivity contribution is 6.35. The Kier molecular flexibility index (Phi) is 4.88. The van der Waals surface area contributed by atoms with Gasteiger partial charge in [-0.2, -0.15) is 8.78 Å². The first kappa shape index (κ1) is 15.1. The molecule has 2 rings (SSSR count). The number of ether oxygens (including phenoxy) is 1. The Morgan fingerprint density at radius 1 is 1.45 bits per heavy atom. The fourth-order valence-electron chi connectivity index (χ4n) is 1.86. The number of alkyl halides is 2. The van der Waals surface area contributed by atoms with Gasteiger partial charge in [-0.1, -0.05) is 23.2 Å². The molecule has 1 N–H and O–H groups in total. The van der Waals surface area contributed by atoms with Crippen LogP contribution in [0.25, 0.3) is 0 Å². The molecule has 0 spiro atoms. The lowest BCUT2D eigenvalue weighted by Gasteiger charge is -2.17. The molecule has 0 aliphatic carbocycles. The number of hydrogen-bond donors (Lipinski definition) is 1. The molecule has 1 heterocycles. The molecule has 0 unspecified atom stereocenters. The van der Waals surface area contributed by atoms with E-state index in [0.29, 0.717) is 23.1 Å². The fourth-order valence-corrected chi connectivity index (χ4v) is 2.44. The normalized spacial score (nSPS) is 14.7. The number of rotatable bonds is 4. The van der Waals surface area contributed by atoms with Crippen molar-refractivity contribution in [3.63, 3.8) is 0 Å². The summed E-state index contributed by atoms with van der Waals surface area (Å²) in [7, 11) is 1.89. The predicted octanol–water partition coefficient (Wildman–Crippen LogP) is 2.99. The molecule has 20 heavy (non-hydrogen) atoms. The third-order valence-electron chi connectivity index (χ3n) is 2.79. The summed E-state index contributed by atoms with van der Waals surface area (Å²) >= 11 is 11.8. The molecule has 0 amide bonds. The average Bonchev–Trinajstić information content (AvgIpc) is 2.76. The molecule has 1 aromatic carbocycles. The minimum absolute atomic E-state index is 0.0521. The van der Waals surface area contributed by atoms with Gasteiger partial charge < -0.3 is 15.0 Å². The SMILES string of the molecule is CN1CCN=C1NCc1cc(Cl)cc(Cl)c1OC(F)F. The summed E-state index contributed by atoms with van der Waals surface area (Å²) in [6, 6.07) is 2.90. The van der Waals surface area contributed by atoms with Crippen LogP contribution in [0.15, 0.2) is 17.1 Å². The molecule has 0 bridgehead atoms. The molecule has 0 aromatic heterocycles. The van der Waals surface area contributed by atoms with Crippen LogP contribution in [-0.2, 0) is 6.54 Å². The van der Waals surface area contributed by atoms with Gasteiger partial charge in [0.1, 0.15) is 5.75 Å². The molecule has 1 aliphatic rings. The van der Waals surface area contributed by atoms with Gasteiger partial charge in [0, 0.05) is 30.7 Å². The van der Waals surface area contributed by atoms with E-state index < -0.39 is 6.61 Å². The van der Waals surface area contributed by atoms with Crippen LogP contribution >= 0.6 is 23.2 Å². The second kappa shape index (κ2) is 6.45. The van der Waals surface area contributed by atoms with Crippen molar-refractivity contribution in [1.82, 2.24) is 10.2 Å². The van der Waals surface area contributed by atoms with Gasteiger partial charge in [0.15, 0.2) is 5.96 Å². The van der Waals surface area contributed by atoms with Crippen LogP contribution in [0.1, 0.15) is 5.56 Å².